The van der Waals surface area contributed by atoms with Crippen LogP contribution >= 0.6 is 11.3 Å². The molecule has 182 valence electrons. The van der Waals surface area contributed by atoms with Gasteiger partial charge in [0.15, 0.2) is 11.5 Å². The summed E-state index contributed by atoms with van der Waals surface area (Å²) < 4.78 is 7.27. The number of carbonyl (C=O) groups excluding carboxylic acids is 1. The number of methoxy groups -OCH3 is 1. The molecule has 0 radical (unpaired) electrons. The molecule has 1 amide bonds. The van der Waals surface area contributed by atoms with Gasteiger partial charge >= 0.3 is 0 Å². The highest BCUT2D eigenvalue weighted by atomic mass is 32.1. The zero-order valence-corrected chi connectivity index (χ0v) is 20.9. The van der Waals surface area contributed by atoms with E-state index in [1.54, 1.807) is 13.2 Å². The first kappa shape index (κ1) is 24.3. The molecule has 0 fully saturated rings. The molecule has 0 atom stereocenters. The van der Waals surface area contributed by atoms with Crippen LogP contribution in [0.15, 0.2) is 53.9 Å². The van der Waals surface area contributed by atoms with Crippen molar-refractivity contribution in [3.05, 3.63) is 70.7 Å². The van der Waals surface area contributed by atoms with Crippen LogP contribution in [0.2, 0.25) is 0 Å². The Labute approximate surface area is 208 Å². The van der Waals surface area contributed by atoms with E-state index in [2.05, 4.69) is 12.2 Å². The summed E-state index contributed by atoms with van der Waals surface area (Å²) in [4.78, 5) is 17.8. The van der Waals surface area contributed by atoms with Crippen LogP contribution in [0, 0.1) is 6.92 Å². The van der Waals surface area contributed by atoms with Gasteiger partial charge in [-0.3, -0.25) is 4.79 Å². The van der Waals surface area contributed by atoms with Crippen LogP contribution in [0.5, 0.6) is 17.2 Å². The molecule has 35 heavy (non-hydrogen) atoms. The number of benzene rings is 2. The average Bonchev–Trinajstić information content (AvgIpc) is 3.47. The largest absolute Gasteiger partial charge is 0.504 e. The third-order valence-corrected chi connectivity index (χ3v) is 6.80. The fourth-order valence-electron chi connectivity index (χ4n) is 3.87. The normalized spacial score (nSPS) is 10.9. The summed E-state index contributed by atoms with van der Waals surface area (Å²) in [7, 11) is 1.64. The van der Waals surface area contributed by atoms with E-state index in [9.17, 15) is 15.0 Å². The third-order valence-electron chi connectivity index (χ3n) is 5.91. The maximum Gasteiger partial charge on any atom is 0.253 e. The van der Waals surface area contributed by atoms with E-state index in [1.807, 2.05) is 47.2 Å². The van der Waals surface area contributed by atoms with Crippen molar-refractivity contribution in [3.63, 3.8) is 0 Å². The zero-order chi connectivity index (χ0) is 24.9. The van der Waals surface area contributed by atoms with E-state index < -0.39 is 0 Å². The molecule has 0 unspecified atom stereocenters. The lowest BCUT2D eigenvalue weighted by Gasteiger charge is -2.12. The number of amides is 1. The topological polar surface area (TPSA) is 96.6 Å². The Hall–Kier alpha value is -3.78. The van der Waals surface area contributed by atoms with Crippen LogP contribution in [0.25, 0.3) is 22.0 Å². The molecule has 0 saturated heterocycles. The van der Waals surface area contributed by atoms with Gasteiger partial charge in [0.25, 0.3) is 5.91 Å². The minimum atomic E-state index is -0.179. The zero-order valence-electron chi connectivity index (χ0n) is 20.0. The smallest absolute Gasteiger partial charge is 0.253 e. The standard InChI is InChI=1S/C27H29N3O4S/c1-4-5-12-28-26(33)21-14-23(30(17(21)2)15-18-6-11-24(31)25(32)13-18)22-16-35-27(29-22)19-7-9-20(34-3)10-8-19/h6-11,13-14,16,31-32H,4-5,12,15H2,1-3H3,(H,28,33). The van der Waals surface area contributed by atoms with Crippen molar-refractivity contribution in [2.24, 2.45) is 0 Å². The monoisotopic (exact) mass is 491 g/mol. The SMILES string of the molecule is CCCCNC(=O)c1cc(-c2csc(-c3ccc(OC)cc3)n2)n(Cc2ccc(O)c(O)c2)c1C. The summed E-state index contributed by atoms with van der Waals surface area (Å²) in [5, 5.41) is 25.5. The van der Waals surface area contributed by atoms with E-state index in [4.69, 9.17) is 9.72 Å². The Kier molecular flexibility index (Phi) is 7.41. The number of phenolic OH excluding ortho intramolecular Hbond substituents is 2. The van der Waals surface area contributed by atoms with Gasteiger partial charge in [-0.1, -0.05) is 19.4 Å². The van der Waals surface area contributed by atoms with Crippen LogP contribution in [-0.2, 0) is 6.54 Å². The second-order valence-corrected chi connectivity index (χ2v) is 9.17. The average molecular weight is 492 g/mol. The number of rotatable bonds is 9. The predicted octanol–water partition coefficient (Wildman–Crippen LogP) is 5.59. The number of aromatic nitrogens is 2. The number of hydrogen-bond donors (Lipinski definition) is 3. The fraction of sp³-hybridized carbons (Fsp3) is 0.259. The Morgan fingerprint density at radius 1 is 1.11 bits per heavy atom. The van der Waals surface area contributed by atoms with Crippen molar-refractivity contribution < 1.29 is 19.7 Å². The van der Waals surface area contributed by atoms with E-state index in [-0.39, 0.29) is 17.4 Å². The Morgan fingerprint density at radius 2 is 1.89 bits per heavy atom. The highest BCUT2D eigenvalue weighted by Gasteiger charge is 2.21. The Balaban J connectivity index is 1.72. The van der Waals surface area contributed by atoms with Gasteiger partial charge in [-0.2, -0.15) is 0 Å². The van der Waals surface area contributed by atoms with E-state index in [0.717, 1.165) is 51.8 Å². The maximum absolute atomic E-state index is 12.9. The molecule has 4 aromatic rings. The van der Waals surface area contributed by atoms with Gasteiger partial charge in [0.1, 0.15) is 10.8 Å². The number of unbranched alkanes of at least 4 members (excludes halogenated alkanes) is 1. The first-order valence-corrected chi connectivity index (χ1v) is 12.4. The number of hydrogen-bond acceptors (Lipinski definition) is 6. The molecule has 0 aliphatic rings. The minimum absolute atomic E-state index is 0.116. The van der Waals surface area contributed by atoms with Crippen LogP contribution in [0.4, 0.5) is 0 Å². The lowest BCUT2D eigenvalue weighted by Crippen LogP contribution is -2.24. The lowest BCUT2D eigenvalue weighted by atomic mass is 10.2. The van der Waals surface area contributed by atoms with Crippen molar-refractivity contribution in [2.75, 3.05) is 13.7 Å². The van der Waals surface area contributed by atoms with Crippen molar-refractivity contribution >= 4 is 17.2 Å². The minimum Gasteiger partial charge on any atom is -0.504 e. The highest BCUT2D eigenvalue weighted by Crippen LogP contribution is 2.33. The van der Waals surface area contributed by atoms with Gasteiger partial charge in [0.2, 0.25) is 0 Å². The molecule has 8 heteroatoms. The number of phenols is 2. The van der Waals surface area contributed by atoms with Crippen molar-refractivity contribution in [3.8, 4) is 39.2 Å². The van der Waals surface area contributed by atoms with Crippen LogP contribution < -0.4 is 10.1 Å². The summed E-state index contributed by atoms with van der Waals surface area (Å²) in [5.74, 6) is 0.320. The summed E-state index contributed by atoms with van der Waals surface area (Å²) >= 11 is 1.53. The van der Waals surface area contributed by atoms with Crippen molar-refractivity contribution in [2.45, 2.75) is 33.2 Å². The van der Waals surface area contributed by atoms with E-state index in [1.165, 1.54) is 23.5 Å². The molecular weight excluding hydrogens is 462 g/mol. The first-order chi connectivity index (χ1) is 16.9. The molecule has 2 heterocycles. The molecule has 0 aliphatic carbocycles. The van der Waals surface area contributed by atoms with Gasteiger partial charge in [-0.15, -0.1) is 11.3 Å². The van der Waals surface area contributed by atoms with Gasteiger partial charge in [0, 0.05) is 29.7 Å². The number of thiazole rings is 1. The fourth-order valence-corrected chi connectivity index (χ4v) is 4.69. The molecule has 4 rings (SSSR count). The van der Waals surface area contributed by atoms with Crippen molar-refractivity contribution in [1.29, 1.82) is 0 Å². The molecule has 0 aliphatic heterocycles. The second kappa shape index (κ2) is 10.7. The summed E-state index contributed by atoms with van der Waals surface area (Å²) in [6.07, 6.45) is 1.92. The van der Waals surface area contributed by atoms with Gasteiger partial charge in [0.05, 0.1) is 24.1 Å². The quantitative estimate of drug-likeness (QED) is 0.210. The summed E-state index contributed by atoms with van der Waals surface area (Å²) in [5.41, 5.74) is 4.76. The second-order valence-electron chi connectivity index (χ2n) is 8.31. The number of carbonyl (C=O) groups is 1. The van der Waals surface area contributed by atoms with Crippen LogP contribution in [0.3, 0.4) is 0 Å². The molecule has 3 N–H and O–H groups in total. The number of nitrogens with one attached hydrogen (secondary N) is 1. The van der Waals surface area contributed by atoms with E-state index in [0.29, 0.717) is 18.7 Å². The number of aromatic hydroxyl groups is 2. The van der Waals surface area contributed by atoms with Gasteiger partial charge in [-0.25, -0.2) is 4.98 Å². The maximum atomic E-state index is 12.9. The van der Waals surface area contributed by atoms with Crippen LogP contribution in [-0.4, -0.2) is 39.3 Å². The first-order valence-electron chi connectivity index (χ1n) is 11.5. The summed E-state index contributed by atoms with van der Waals surface area (Å²) in [6, 6.07) is 14.4. The molecule has 0 saturated carbocycles. The molecule has 0 bridgehead atoms. The van der Waals surface area contributed by atoms with Gasteiger partial charge in [-0.05, 0) is 61.4 Å². The lowest BCUT2D eigenvalue weighted by molar-refractivity contribution is 0.0952. The van der Waals surface area contributed by atoms with Crippen molar-refractivity contribution in [1.82, 2.24) is 14.9 Å². The summed E-state index contributed by atoms with van der Waals surface area (Å²) in [6.45, 7) is 5.03. The van der Waals surface area contributed by atoms with Gasteiger partial charge < -0.3 is 24.8 Å². The van der Waals surface area contributed by atoms with Crippen LogP contribution in [0.1, 0.15) is 41.4 Å². The van der Waals surface area contributed by atoms with E-state index >= 15 is 0 Å². The predicted molar refractivity (Wildman–Crippen MR) is 138 cm³/mol. The Bertz CT molecular complexity index is 1320. The highest BCUT2D eigenvalue weighted by molar-refractivity contribution is 7.13. The number of nitrogens with zero attached hydrogens (tertiary/aromatic N) is 2. The molecular formula is C27H29N3O4S. The Morgan fingerprint density at radius 3 is 2.57 bits per heavy atom. The molecule has 2 aromatic heterocycles. The molecule has 2 aromatic carbocycles. The number of ether oxygens (including phenoxy) is 1. The third kappa shape index (κ3) is 5.33. The molecule has 7 nitrogen and oxygen atoms in total. The molecule has 0 spiro atoms.